The van der Waals surface area contributed by atoms with E-state index < -0.39 is 23.7 Å². The zero-order valence-corrected chi connectivity index (χ0v) is 15.0. The van der Waals surface area contributed by atoms with E-state index in [2.05, 4.69) is 10.6 Å². The van der Waals surface area contributed by atoms with Crippen molar-refractivity contribution in [2.45, 2.75) is 32.5 Å². The summed E-state index contributed by atoms with van der Waals surface area (Å²) in [5, 5.41) is 4.85. The highest BCUT2D eigenvalue weighted by Gasteiger charge is 2.39. The van der Waals surface area contributed by atoms with Gasteiger partial charge in [-0.1, -0.05) is 36.4 Å². The highest BCUT2D eigenvalue weighted by molar-refractivity contribution is 6.35. The van der Waals surface area contributed by atoms with Crippen molar-refractivity contribution in [1.82, 2.24) is 10.6 Å². The molecule has 2 aromatic rings. The topological polar surface area (TPSA) is 78.5 Å². The van der Waals surface area contributed by atoms with Crippen LogP contribution >= 0.6 is 0 Å². The first-order valence-electron chi connectivity index (χ1n) is 8.64. The smallest absolute Gasteiger partial charge is 0.310 e. The Labute approximate surface area is 156 Å². The molecule has 6 nitrogen and oxygen atoms in total. The largest absolute Gasteiger partial charge is 0.344 e. The van der Waals surface area contributed by atoms with Crippen LogP contribution in [0.25, 0.3) is 0 Å². The van der Waals surface area contributed by atoms with Crippen molar-refractivity contribution in [3.05, 3.63) is 65.5 Å². The minimum Gasteiger partial charge on any atom is -0.344 e. The summed E-state index contributed by atoms with van der Waals surface area (Å²) in [6.07, 6.45) is 0. The molecule has 7 heteroatoms. The number of carbonyl (C=O) groups is 3. The van der Waals surface area contributed by atoms with E-state index in [4.69, 9.17) is 0 Å². The monoisotopic (exact) mass is 369 g/mol. The number of fused-ring (bicyclic) bond motifs is 1. The first-order chi connectivity index (χ1) is 12.9. The molecule has 0 radical (unpaired) electrons. The SMILES string of the molecule is CC(C)N1C(=O)[C@@H](NC(=O)C(=O)NCc2ccccc2F)c2ccccc21. The molecule has 1 heterocycles. The quantitative estimate of drug-likeness (QED) is 0.810. The minimum atomic E-state index is -0.940. The first-order valence-corrected chi connectivity index (χ1v) is 8.64. The number of nitrogens with one attached hydrogen (secondary N) is 2. The number of hydrogen-bond acceptors (Lipinski definition) is 3. The van der Waals surface area contributed by atoms with Gasteiger partial charge in [0.2, 0.25) is 0 Å². The Morgan fingerprint density at radius 1 is 1.07 bits per heavy atom. The summed E-state index contributed by atoms with van der Waals surface area (Å²) in [7, 11) is 0. The van der Waals surface area contributed by atoms with E-state index in [1.165, 1.54) is 18.2 Å². The van der Waals surface area contributed by atoms with Gasteiger partial charge < -0.3 is 15.5 Å². The molecule has 140 valence electrons. The van der Waals surface area contributed by atoms with Crippen molar-refractivity contribution in [3.63, 3.8) is 0 Å². The number of para-hydroxylation sites is 1. The molecule has 0 fully saturated rings. The summed E-state index contributed by atoms with van der Waals surface area (Å²) in [5.74, 6) is -2.62. The van der Waals surface area contributed by atoms with E-state index in [9.17, 15) is 18.8 Å². The second-order valence-corrected chi connectivity index (χ2v) is 6.54. The van der Waals surface area contributed by atoms with Gasteiger partial charge in [-0.3, -0.25) is 14.4 Å². The summed E-state index contributed by atoms with van der Waals surface area (Å²) in [6.45, 7) is 3.63. The van der Waals surface area contributed by atoms with E-state index in [-0.39, 0.29) is 24.1 Å². The van der Waals surface area contributed by atoms with Gasteiger partial charge in [-0.15, -0.1) is 0 Å². The number of carbonyl (C=O) groups excluding carboxylic acids is 3. The fourth-order valence-corrected chi connectivity index (χ4v) is 3.11. The number of rotatable bonds is 4. The lowest BCUT2D eigenvalue weighted by Crippen LogP contribution is -2.45. The maximum atomic E-state index is 13.6. The van der Waals surface area contributed by atoms with Crippen molar-refractivity contribution in [3.8, 4) is 0 Å². The summed E-state index contributed by atoms with van der Waals surface area (Å²) in [5.41, 5.74) is 1.63. The Hall–Kier alpha value is -3.22. The number of hydrogen-bond donors (Lipinski definition) is 2. The van der Waals surface area contributed by atoms with Crippen molar-refractivity contribution in [2.24, 2.45) is 0 Å². The lowest BCUT2D eigenvalue weighted by molar-refractivity contribution is -0.140. The van der Waals surface area contributed by atoms with Crippen LogP contribution < -0.4 is 15.5 Å². The van der Waals surface area contributed by atoms with Crippen LogP contribution in [0.5, 0.6) is 0 Å². The van der Waals surface area contributed by atoms with Crippen LogP contribution in [0.4, 0.5) is 10.1 Å². The maximum absolute atomic E-state index is 13.6. The molecular formula is C20H20FN3O3. The van der Waals surface area contributed by atoms with Crippen LogP contribution in [0, 0.1) is 5.82 Å². The van der Waals surface area contributed by atoms with Crippen molar-refractivity contribution in [1.29, 1.82) is 0 Å². The average molecular weight is 369 g/mol. The Morgan fingerprint density at radius 3 is 2.44 bits per heavy atom. The highest BCUT2D eigenvalue weighted by Crippen LogP contribution is 2.36. The zero-order valence-electron chi connectivity index (χ0n) is 15.0. The fraction of sp³-hybridized carbons (Fsp3) is 0.250. The molecule has 1 atom stereocenters. The predicted octanol–water partition coefficient (Wildman–Crippen LogP) is 2.05. The Bertz CT molecular complexity index is 898. The van der Waals surface area contributed by atoms with Crippen molar-refractivity contribution >= 4 is 23.4 Å². The van der Waals surface area contributed by atoms with Gasteiger partial charge in [0.05, 0.1) is 0 Å². The van der Waals surface area contributed by atoms with Crippen LogP contribution in [0.15, 0.2) is 48.5 Å². The Kier molecular flexibility index (Phi) is 5.21. The average Bonchev–Trinajstić information content (AvgIpc) is 2.92. The number of halogens is 1. The molecule has 2 aromatic carbocycles. The fourth-order valence-electron chi connectivity index (χ4n) is 3.11. The highest BCUT2D eigenvalue weighted by atomic mass is 19.1. The molecular weight excluding hydrogens is 349 g/mol. The Balaban J connectivity index is 1.69. The second kappa shape index (κ2) is 7.57. The molecule has 0 saturated carbocycles. The normalized spacial score (nSPS) is 15.6. The molecule has 3 amide bonds. The number of anilines is 1. The van der Waals surface area contributed by atoms with Gasteiger partial charge >= 0.3 is 11.8 Å². The summed E-state index contributed by atoms with van der Waals surface area (Å²) >= 11 is 0. The molecule has 0 unspecified atom stereocenters. The molecule has 3 rings (SSSR count). The molecule has 0 bridgehead atoms. The van der Waals surface area contributed by atoms with E-state index in [1.54, 1.807) is 29.2 Å². The summed E-state index contributed by atoms with van der Waals surface area (Å²) in [4.78, 5) is 38.6. The molecule has 0 aromatic heterocycles. The number of nitrogens with zero attached hydrogens (tertiary/aromatic N) is 1. The third-order valence-electron chi connectivity index (χ3n) is 4.39. The lowest BCUT2D eigenvalue weighted by Gasteiger charge is -2.22. The Morgan fingerprint density at radius 2 is 1.74 bits per heavy atom. The molecule has 0 saturated heterocycles. The van der Waals surface area contributed by atoms with Crippen LogP contribution in [0.1, 0.15) is 31.0 Å². The third kappa shape index (κ3) is 3.67. The standard InChI is InChI=1S/C20H20FN3O3/c1-12(2)24-16-10-6-4-8-14(16)17(20(24)27)23-19(26)18(25)22-11-13-7-3-5-9-15(13)21/h3-10,12,17H,11H2,1-2H3,(H,22,25)(H,23,26)/t17-/m0/s1. The predicted molar refractivity (Wildman–Crippen MR) is 98.2 cm³/mol. The maximum Gasteiger partial charge on any atom is 0.310 e. The number of amides is 3. The molecule has 2 N–H and O–H groups in total. The van der Waals surface area contributed by atoms with Crippen LogP contribution in [-0.2, 0) is 20.9 Å². The van der Waals surface area contributed by atoms with Gasteiger partial charge in [0.1, 0.15) is 11.9 Å². The van der Waals surface area contributed by atoms with Gasteiger partial charge in [-0.05, 0) is 26.0 Å². The molecule has 0 spiro atoms. The van der Waals surface area contributed by atoms with Gasteiger partial charge in [-0.25, -0.2) is 4.39 Å². The summed E-state index contributed by atoms with van der Waals surface area (Å²) < 4.78 is 13.6. The molecule has 0 aliphatic carbocycles. The third-order valence-corrected chi connectivity index (χ3v) is 4.39. The molecule has 1 aliphatic rings. The zero-order chi connectivity index (χ0) is 19.6. The van der Waals surface area contributed by atoms with Gasteiger partial charge in [-0.2, -0.15) is 0 Å². The molecule has 1 aliphatic heterocycles. The molecule has 27 heavy (non-hydrogen) atoms. The van der Waals surface area contributed by atoms with Gasteiger partial charge in [0.25, 0.3) is 5.91 Å². The minimum absolute atomic E-state index is 0.0876. The van der Waals surface area contributed by atoms with Gasteiger partial charge in [0.15, 0.2) is 0 Å². The summed E-state index contributed by atoms with van der Waals surface area (Å²) in [6, 6.07) is 12.1. The van der Waals surface area contributed by atoms with Gasteiger partial charge in [0, 0.05) is 29.4 Å². The lowest BCUT2D eigenvalue weighted by atomic mass is 10.1. The van der Waals surface area contributed by atoms with E-state index in [1.807, 2.05) is 19.9 Å². The van der Waals surface area contributed by atoms with Crippen LogP contribution in [-0.4, -0.2) is 23.8 Å². The van der Waals surface area contributed by atoms with E-state index in [0.29, 0.717) is 5.56 Å². The second-order valence-electron chi connectivity index (χ2n) is 6.54. The van der Waals surface area contributed by atoms with Crippen molar-refractivity contribution < 1.29 is 18.8 Å². The van der Waals surface area contributed by atoms with E-state index >= 15 is 0 Å². The number of benzene rings is 2. The van der Waals surface area contributed by atoms with E-state index in [0.717, 1.165) is 5.69 Å². The van der Waals surface area contributed by atoms with Crippen molar-refractivity contribution in [2.75, 3.05) is 4.90 Å². The van der Waals surface area contributed by atoms with Crippen LogP contribution in [0.2, 0.25) is 0 Å². The van der Waals surface area contributed by atoms with Crippen LogP contribution in [0.3, 0.4) is 0 Å². The first kappa shape index (κ1) is 18.6.